The van der Waals surface area contributed by atoms with Gasteiger partial charge in [-0.1, -0.05) is 36.6 Å². The van der Waals surface area contributed by atoms with Gasteiger partial charge in [0.2, 0.25) is 0 Å². The maximum atomic E-state index is 12.2. The molecular formula is C19H26N2O2S. The van der Waals surface area contributed by atoms with E-state index in [9.17, 15) is 8.42 Å². The second kappa shape index (κ2) is 8.83. The lowest BCUT2D eigenvalue weighted by Crippen LogP contribution is -2.23. The number of nitrogens with zero attached hydrogens (tertiary/aromatic N) is 2. The molecule has 0 N–H and O–H groups in total. The van der Waals surface area contributed by atoms with Crippen LogP contribution in [-0.2, 0) is 10.0 Å². The average Bonchev–Trinajstić information content (AvgIpc) is 2.83. The average molecular weight is 346 g/mol. The van der Waals surface area contributed by atoms with Crippen LogP contribution in [0.5, 0.6) is 0 Å². The zero-order valence-corrected chi connectivity index (χ0v) is 15.3. The predicted molar refractivity (Wildman–Crippen MR) is 99.7 cm³/mol. The van der Waals surface area contributed by atoms with Gasteiger partial charge in [-0.05, 0) is 51.0 Å². The lowest BCUT2D eigenvalue weighted by molar-refractivity contribution is 0.369. The largest absolute Gasteiger partial charge is 0.371 e. The minimum absolute atomic E-state index is 0.216. The van der Waals surface area contributed by atoms with Gasteiger partial charge in [0.15, 0.2) is 0 Å². The molecule has 1 fully saturated rings. The Kier molecular flexibility index (Phi) is 6.79. The summed E-state index contributed by atoms with van der Waals surface area (Å²) in [5, 5.41) is 0. The van der Waals surface area contributed by atoms with Crippen LogP contribution >= 0.6 is 0 Å². The summed E-state index contributed by atoms with van der Waals surface area (Å²) in [5.74, 6) is 0. The number of allylic oxidation sites excluding steroid dienone is 3. The molecule has 0 atom stereocenters. The Morgan fingerprint density at radius 2 is 1.67 bits per heavy atom. The fraction of sp³-hybridized carbons (Fsp3) is 0.421. The van der Waals surface area contributed by atoms with E-state index in [1.165, 1.54) is 37.5 Å². The molecule has 5 heteroatoms. The van der Waals surface area contributed by atoms with Crippen molar-refractivity contribution in [2.45, 2.75) is 44.4 Å². The van der Waals surface area contributed by atoms with Gasteiger partial charge in [-0.3, -0.25) is 0 Å². The van der Waals surface area contributed by atoms with Crippen molar-refractivity contribution in [3.8, 4) is 0 Å². The minimum Gasteiger partial charge on any atom is -0.371 e. The summed E-state index contributed by atoms with van der Waals surface area (Å²) < 4.78 is 28.2. The van der Waals surface area contributed by atoms with Gasteiger partial charge < -0.3 is 4.90 Å². The molecule has 0 amide bonds. The van der Waals surface area contributed by atoms with Crippen molar-refractivity contribution in [1.82, 2.24) is 4.90 Å². The maximum absolute atomic E-state index is 12.2. The molecule has 0 radical (unpaired) electrons. The third-order valence-corrected chi connectivity index (χ3v) is 5.16. The second-order valence-corrected chi connectivity index (χ2v) is 7.89. The Morgan fingerprint density at radius 1 is 1.04 bits per heavy atom. The first-order valence-corrected chi connectivity index (χ1v) is 9.88. The summed E-state index contributed by atoms with van der Waals surface area (Å²) >= 11 is 0. The highest BCUT2D eigenvalue weighted by Gasteiger charge is 2.12. The van der Waals surface area contributed by atoms with Crippen LogP contribution in [0.4, 0.5) is 0 Å². The maximum Gasteiger partial charge on any atom is 0.282 e. The number of sulfonamides is 1. The van der Waals surface area contributed by atoms with Crippen molar-refractivity contribution < 1.29 is 8.42 Å². The Hall–Kier alpha value is -1.88. The molecule has 1 aromatic rings. The van der Waals surface area contributed by atoms with Crippen molar-refractivity contribution in [3.05, 3.63) is 53.8 Å². The highest BCUT2D eigenvalue weighted by molar-refractivity contribution is 7.90. The topological polar surface area (TPSA) is 49.7 Å². The summed E-state index contributed by atoms with van der Waals surface area (Å²) in [6.45, 7) is 6.11. The van der Waals surface area contributed by atoms with Gasteiger partial charge in [0.1, 0.15) is 0 Å². The SMILES string of the molecule is CC(C)=C/C(=C\C=NS(=O)(=O)c1ccccc1)N1CCCCCC1. The standard InChI is InChI=1S/C19H26N2O2S/c1-17(2)16-18(21-14-8-3-4-9-15-21)12-13-20-24(22,23)19-10-6-5-7-11-19/h5-7,10-13,16H,3-4,8-9,14-15H2,1-2H3/b18-12+,20-13?. The van der Waals surface area contributed by atoms with E-state index >= 15 is 0 Å². The van der Waals surface area contributed by atoms with Crippen molar-refractivity contribution in [2.75, 3.05) is 13.1 Å². The van der Waals surface area contributed by atoms with E-state index in [1.54, 1.807) is 36.4 Å². The second-order valence-electron chi connectivity index (χ2n) is 6.26. The molecule has 130 valence electrons. The molecule has 1 aromatic carbocycles. The van der Waals surface area contributed by atoms with Gasteiger partial charge in [-0.25, -0.2) is 0 Å². The summed E-state index contributed by atoms with van der Waals surface area (Å²) in [6.07, 6.45) is 10.2. The molecule has 4 nitrogen and oxygen atoms in total. The van der Waals surface area contributed by atoms with Crippen molar-refractivity contribution in [2.24, 2.45) is 4.40 Å². The zero-order valence-electron chi connectivity index (χ0n) is 14.5. The van der Waals surface area contributed by atoms with E-state index in [0.717, 1.165) is 18.8 Å². The summed E-state index contributed by atoms with van der Waals surface area (Å²) in [5.41, 5.74) is 2.22. The number of hydrogen-bond donors (Lipinski definition) is 0. The number of hydrogen-bond acceptors (Lipinski definition) is 3. The lowest BCUT2D eigenvalue weighted by Gasteiger charge is -2.23. The highest BCUT2D eigenvalue weighted by atomic mass is 32.2. The molecule has 1 aliphatic rings. The molecule has 0 bridgehead atoms. The summed E-state index contributed by atoms with van der Waals surface area (Å²) in [4.78, 5) is 2.54. The Labute approximate surface area is 145 Å². The Balaban J connectivity index is 2.21. The normalized spacial score (nSPS) is 16.9. The lowest BCUT2D eigenvalue weighted by atomic mass is 10.2. The summed E-state index contributed by atoms with van der Waals surface area (Å²) in [6, 6.07) is 8.30. The van der Waals surface area contributed by atoms with E-state index in [2.05, 4.69) is 15.4 Å². The van der Waals surface area contributed by atoms with Gasteiger partial charge in [0.05, 0.1) is 4.90 Å². The smallest absolute Gasteiger partial charge is 0.282 e. The predicted octanol–water partition coefficient (Wildman–Crippen LogP) is 4.17. The van der Waals surface area contributed by atoms with E-state index in [1.807, 2.05) is 13.8 Å². The molecule has 0 aliphatic carbocycles. The van der Waals surface area contributed by atoms with Crippen LogP contribution in [0.25, 0.3) is 0 Å². The van der Waals surface area contributed by atoms with Crippen LogP contribution in [0.1, 0.15) is 39.5 Å². The molecule has 0 unspecified atom stereocenters. The van der Waals surface area contributed by atoms with E-state index < -0.39 is 10.0 Å². The fourth-order valence-corrected chi connectivity index (χ4v) is 3.55. The molecule has 1 aliphatic heterocycles. The fourth-order valence-electron chi connectivity index (χ4n) is 2.71. The van der Waals surface area contributed by atoms with Crippen molar-refractivity contribution in [3.63, 3.8) is 0 Å². The van der Waals surface area contributed by atoms with E-state index in [4.69, 9.17) is 0 Å². The third kappa shape index (κ3) is 5.64. The molecular weight excluding hydrogens is 320 g/mol. The van der Waals surface area contributed by atoms with Crippen LogP contribution < -0.4 is 0 Å². The molecule has 0 aromatic heterocycles. The summed E-state index contributed by atoms with van der Waals surface area (Å²) in [7, 11) is -3.64. The van der Waals surface area contributed by atoms with Gasteiger partial charge >= 0.3 is 0 Å². The molecule has 0 saturated carbocycles. The van der Waals surface area contributed by atoms with Crippen LogP contribution in [-0.4, -0.2) is 32.6 Å². The molecule has 0 spiro atoms. The Bertz CT molecular complexity index is 707. The number of rotatable bonds is 5. The number of likely N-dealkylation sites (tertiary alicyclic amines) is 1. The Morgan fingerprint density at radius 3 is 2.25 bits per heavy atom. The van der Waals surface area contributed by atoms with Crippen molar-refractivity contribution >= 4 is 16.2 Å². The highest BCUT2D eigenvalue weighted by Crippen LogP contribution is 2.17. The molecule has 1 saturated heterocycles. The first-order valence-electron chi connectivity index (χ1n) is 8.44. The third-order valence-electron chi connectivity index (χ3n) is 3.89. The van der Waals surface area contributed by atoms with Crippen molar-refractivity contribution in [1.29, 1.82) is 0 Å². The van der Waals surface area contributed by atoms with Crippen LogP contribution in [0.15, 0.2) is 63.0 Å². The van der Waals surface area contributed by atoms with Gasteiger partial charge in [-0.15, -0.1) is 0 Å². The molecule has 1 heterocycles. The van der Waals surface area contributed by atoms with E-state index in [-0.39, 0.29) is 4.90 Å². The van der Waals surface area contributed by atoms with Crippen LogP contribution in [0, 0.1) is 0 Å². The first-order chi connectivity index (χ1) is 11.5. The van der Waals surface area contributed by atoms with Gasteiger partial charge in [0.25, 0.3) is 10.0 Å². The first kappa shape index (κ1) is 18.5. The monoisotopic (exact) mass is 346 g/mol. The van der Waals surface area contributed by atoms with E-state index in [0.29, 0.717) is 0 Å². The van der Waals surface area contributed by atoms with Gasteiger partial charge in [0, 0.05) is 25.0 Å². The quantitative estimate of drug-likeness (QED) is 0.594. The zero-order chi connectivity index (χ0) is 17.4. The van der Waals surface area contributed by atoms with Crippen LogP contribution in [0.3, 0.4) is 0 Å². The minimum atomic E-state index is -3.64. The van der Waals surface area contributed by atoms with Gasteiger partial charge in [-0.2, -0.15) is 12.8 Å². The van der Waals surface area contributed by atoms with Crippen LogP contribution in [0.2, 0.25) is 0 Å². The molecule has 24 heavy (non-hydrogen) atoms. The number of benzene rings is 1. The molecule has 2 rings (SSSR count).